The molecule has 6 heteroatoms. The van der Waals surface area contributed by atoms with Crippen LogP contribution in [0.15, 0.2) is 18.2 Å². The number of aromatic carboxylic acids is 1. The molecule has 0 bridgehead atoms. The highest BCUT2D eigenvalue weighted by Gasteiger charge is 2.11. The van der Waals surface area contributed by atoms with E-state index in [4.69, 9.17) is 5.11 Å². The summed E-state index contributed by atoms with van der Waals surface area (Å²) in [6, 6.07) is 4.56. The largest absolute Gasteiger partial charge is 0.478 e. The Bertz CT molecular complexity index is 515. The summed E-state index contributed by atoms with van der Waals surface area (Å²) in [6.07, 6.45) is 0.897. The predicted molar refractivity (Wildman–Crippen MR) is 83.0 cm³/mol. The second-order valence-corrected chi connectivity index (χ2v) is 5.34. The van der Waals surface area contributed by atoms with Crippen LogP contribution in [0.3, 0.4) is 0 Å². The quantitative estimate of drug-likeness (QED) is 0.842. The van der Waals surface area contributed by atoms with Crippen molar-refractivity contribution in [2.45, 2.75) is 13.3 Å². The first-order chi connectivity index (χ1) is 9.81. The molecular weight excluding hydrogens is 270 g/mol. The third kappa shape index (κ3) is 5.43. The van der Waals surface area contributed by atoms with Crippen LogP contribution in [-0.4, -0.2) is 61.1 Å². The van der Waals surface area contributed by atoms with Crippen LogP contribution in [0.5, 0.6) is 0 Å². The average molecular weight is 293 g/mol. The van der Waals surface area contributed by atoms with Crippen LogP contribution < -0.4 is 5.32 Å². The molecule has 0 aromatic heterocycles. The molecule has 21 heavy (non-hydrogen) atoms. The molecule has 0 atom stereocenters. The van der Waals surface area contributed by atoms with Gasteiger partial charge in [-0.05, 0) is 57.7 Å². The molecule has 0 spiro atoms. The first-order valence-corrected chi connectivity index (χ1v) is 6.82. The van der Waals surface area contributed by atoms with Gasteiger partial charge in [-0.2, -0.15) is 0 Å². The third-order valence-corrected chi connectivity index (χ3v) is 3.15. The summed E-state index contributed by atoms with van der Waals surface area (Å²) >= 11 is 0. The van der Waals surface area contributed by atoms with E-state index in [2.05, 4.69) is 10.2 Å². The number of aryl methyl sites for hydroxylation is 1. The number of benzene rings is 1. The Morgan fingerprint density at radius 3 is 2.38 bits per heavy atom. The van der Waals surface area contributed by atoms with Gasteiger partial charge in [0.15, 0.2) is 0 Å². The number of carboxylic acid groups (broad SMARTS) is 1. The lowest BCUT2D eigenvalue weighted by Crippen LogP contribution is -2.33. The topological polar surface area (TPSA) is 72.9 Å². The van der Waals surface area contributed by atoms with Crippen LogP contribution in [0.25, 0.3) is 0 Å². The Labute approximate surface area is 125 Å². The van der Waals surface area contributed by atoms with E-state index in [1.165, 1.54) is 6.07 Å². The van der Waals surface area contributed by atoms with E-state index < -0.39 is 5.97 Å². The van der Waals surface area contributed by atoms with Crippen LogP contribution in [0.1, 0.15) is 22.3 Å². The number of hydrogen-bond donors (Lipinski definition) is 2. The van der Waals surface area contributed by atoms with Crippen molar-refractivity contribution >= 4 is 17.7 Å². The number of carbonyl (C=O) groups excluding carboxylic acids is 1. The van der Waals surface area contributed by atoms with Crippen LogP contribution in [0.2, 0.25) is 0 Å². The van der Waals surface area contributed by atoms with Crippen LogP contribution in [0, 0.1) is 6.92 Å². The van der Waals surface area contributed by atoms with Crippen molar-refractivity contribution in [2.24, 2.45) is 0 Å². The number of nitrogens with one attached hydrogen (secondary N) is 1. The maximum absolute atomic E-state index is 12.0. The standard InChI is InChI=1S/C15H23N3O3/c1-11-10-12(6-7-13(11)14(19)20)16-15(21)18(4)9-5-8-17(2)3/h6-7,10H,5,8-9H2,1-4H3,(H,16,21)(H,19,20). The number of carboxylic acids is 1. The van der Waals surface area contributed by atoms with E-state index in [1.807, 2.05) is 14.1 Å². The summed E-state index contributed by atoms with van der Waals surface area (Å²) in [5.74, 6) is -0.966. The Morgan fingerprint density at radius 1 is 1.19 bits per heavy atom. The van der Waals surface area contributed by atoms with Gasteiger partial charge in [-0.25, -0.2) is 9.59 Å². The smallest absolute Gasteiger partial charge is 0.335 e. The normalized spacial score (nSPS) is 10.5. The lowest BCUT2D eigenvalue weighted by Gasteiger charge is -2.19. The molecule has 0 aliphatic rings. The summed E-state index contributed by atoms with van der Waals surface area (Å²) in [5, 5.41) is 11.7. The minimum Gasteiger partial charge on any atom is -0.478 e. The van der Waals surface area contributed by atoms with Gasteiger partial charge in [-0.3, -0.25) is 0 Å². The average Bonchev–Trinajstić information content (AvgIpc) is 2.37. The molecule has 0 fully saturated rings. The van der Waals surface area contributed by atoms with E-state index in [9.17, 15) is 9.59 Å². The Hall–Kier alpha value is -2.08. The first kappa shape index (κ1) is 17.0. The second kappa shape index (κ2) is 7.64. The predicted octanol–water partition coefficient (Wildman–Crippen LogP) is 2.11. The third-order valence-electron chi connectivity index (χ3n) is 3.15. The fourth-order valence-electron chi connectivity index (χ4n) is 1.93. The zero-order valence-corrected chi connectivity index (χ0v) is 13.0. The molecule has 0 aliphatic carbocycles. The van der Waals surface area contributed by atoms with Crippen molar-refractivity contribution in [3.8, 4) is 0 Å². The Morgan fingerprint density at radius 2 is 1.86 bits per heavy atom. The van der Waals surface area contributed by atoms with E-state index >= 15 is 0 Å². The van der Waals surface area contributed by atoms with Crippen molar-refractivity contribution in [3.05, 3.63) is 29.3 Å². The van der Waals surface area contributed by atoms with Gasteiger partial charge in [-0.1, -0.05) is 0 Å². The summed E-state index contributed by atoms with van der Waals surface area (Å²) in [6.45, 7) is 3.29. The number of urea groups is 1. The van der Waals surface area contributed by atoms with Crippen LogP contribution >= 0.6 is 0 Å². The summed E-state index contributed by atoms with van der Waals surface area (Å²) in [7, 11) is 5.73. The molecule has 0 unspecified atom stereocenters. The van der Waals surface area contributed by atoms with Crippen molar-refractivity contribution in [1.29, 1.82) is 0 Å². The molecule has 1 rings (SSSR count). The zero-order valence-electron chi connectivity index (χ0n) is 13.0. The SMILES string of the molecule is Cc1cc(NC(=O)N(C)CCCN(C)C)ccc1C(=O)O. The highest BCUT2D eigenvalue weighted by atomic mass is 16.4. The van der Waals surface area contributed by atoms with Crippen molar-refractivity contribution in [1.82, 2.24) is 9.80 Å². The number of nitrogens with zero attached hydrogens (tertiary/aromatic N) is 2. The molecule has 2 N–H and O–H groups in total. The zero-order chi connectivity index (χ0) is 16.0. The highest BCUT2D eigenvalue weighted by molar-refractivity contribution is 5.92. The van der Waals surface area contributed by atoms with Gasteiger partial charge < -0.3 is 20.2 Å². The maximum atomic E-state index is 12.0. The maximum Gasteiger partial charge on any atom is 0.335 e. The monoisotopic (exact) mass is 293 g/mol. The van der Waals surface area contributed by atoms with Gasteiger partial charge in [0.2, 0.25) is 0 Å². The first-order valence-electron chi connectivity index (χ1n) is 6.82. The van der Waals surface area contributed by atoms with E-state index in [0.717, 1.165) is 13.0 Å². The van der Waals surface area contributed by atoms with Gasteiger partial charge in [-0.15, -0.1) is 0 Å². The molecule has 1 aromatic rings. The molecule has 0 saturated carbocycles. The minimum atomic E-state index is -0.966. The van der Waals surface area contributed by atoms with Crippen molar-refractivity contribution < 1.29 is 14.7 Å². The number of amides is 2. The number of hydrogen-bond acceptors (Lipinski definition) is 3. The van der Waals surface area contributed by atoms with Gasteiger partial charge in [0.1, 0.15) is 0 Å². The molecule has 0 heterocycles. The van der Waals surface area contributed by atoms with E-state index in [0.29, 0.717) is 17.8 Å². The van der Waals surface area contributed by atoms with Crippen molar-refractivity contribution in [2.75, 3.05) is 39.5 Å². The number of rotatable bonds is 6. The number of carbonyl (C=O) groups is 2. The van der Waals surface area contributed by atoms with Crippen LogP contribution in [-0.2, 0) is 0 Å². The molecular formula is C15H23N3O3. The van der Waals surface area contributed by atoms with Crippen LogP contribution in [0.4, 0.5) is 10.5 Å². The molecule has 116 valence electrons. The summed E-state index contributed by atoms with van der Waals surface area (Å²) in [5.41, 5.74) is 1.46. The number of anilines is 1. The second-order valence-electron chi connectivity index (χ2n) is 5.34. The fraction of sp³-hybridized carbons (Fsp3) is 0.467. The Kier molecular flexibility index (Phi) is 6.17. The highest BCUT2D eigenvalue weighted by Crippen LogP contribution is 2.15. The molecule has 0 aliphatic heterocycles. The summed E-state index contributed by atoms with van der Waals surface area (Å²) in [4.78, 5) is 26.6. The molecule has 2 amide bonds. The minimum absolute atomic E-state index is 0.198. The van der Waals surface area contributed by atoms with E-state index in [1.54, 1.807) is 31.0 Å². The molecule has 0 saturated heterocycles. The molecule has 6 nitrogen and oxygen atoms in total. The Balaban J connectivity index is 2.58. The van der Waals surface area contributed by atoms with Gasteiger partial charge in [0.25, 0.3) is 0 Å². The van der Waals surface area contributed by atoms with Gasteiger partial charge in [0, 0.05) is 19.3 Å². The van der Waals surface area contributed by atoms with Gasteiger partial charge >= 0.3 is 12.0 Å². The van der Waals surface area contributed by atoms with Crippen molar-refractivity contribution in [3.63, 3.8) is 0 Å². The lowest BCUT2D eigenvalue weighted by molar-refractivity contribution is 0.0696. The van der Waals surface area contributed by atoms with Gasteiger partial charge in [0.05, 0.1) is 5.56 Å². The molecule has 1 aromatic carbocycles. The summed E-state index contributed by atoms with van der Waals surface area (Å²) < 4.78 is 0. The lowest BCUT2D eigenvalue weighted by atomic mass is 10.1. The van der Waals surface area contributed by atoms with E-state index in [-0.39, 0.29) is 11.6 Å². The fourth-order valence-corrected chi connectivity index (χ4v) is 1.93. The molecule has 0 radical (unpaired) electrons.